The maximum absolute atomic E-state index is 13.0. The Morgan fingerprint density at radius 3 is 2.34 bits per heavy atom. The van der Waals surface area contributed by atoms with E-state index in [9.17, 15) is 13.2 Å². The van der Waals surface area contributed by atoms with Gasteiger partial charge < -0.3 is 9.84 Å². The summed E-state index contributed by atoms with van der Waals surface area (Å²) in [6.07, 6.45) is 2.98. The van der Waals surface area contributed by atoms with Crippen molar-refractivity contribution in [3.8, 4) is 5.75 Å². The average Bonchev–Trinajstić information content (AvgIpc) is 2.57. The lowest BCUT2D eigenvalue weighted by Gasteiger charge is -2.33. The fraction of sp³-hybridized carbons (Fsp3) is 0.682. The van der Waals surface area contributed by atoms with Gasteiger partial charge in [0.1, 0.15) is 10.6 Å². The van der Waals surface area contributed by atoms with Crippen LogP contribution in [0.25, 0.3) is 0 Å². The second-order valence-corrected chi connectivity index (χ2v) is 13.3. The van der Waals surface area contributed by atoms with Crippen LogP contribution in [0.15, 0.2) is 23.1 Å². The smallest absolute Gasteiger partial charge is 0.303 e. The molecular formula is C22H36O5S2. The van der Waals surface area contributed by atoms with Gasteiger partial charge in [0.05, 0.1) is 6.61 Å². The van der Waals surface area contributed by atoms with E-state index in [0.717, 1.165) is 35.6 Å². The molecule has 0 atom stereocenters. The Labute approximate surface area is 179 Å². The van der Waals surface area contributed by atoms with Crippen LogP contribution in [0.2, 0.25) is 0 Å². The maximum Gasteiger partial charge on any atom is 0.303 e. The Kier molecular flexibility index (Phi) is 9.54. The third-order valence-corrected chi connectivity index (χ3v) is 8.09. The van der Waals surface area contributed by atoms with Crippen molar-refractivity contribution in [3.63, 3.8) is 0 Å². The zero-order chi connectivity index (χ0) is 22.3. The first-order valence-electron chi connectivity index (χ1n) is 10.2. The fourth-order valence-electron chi connectivity index (χ4n) is 3.45. The molecule has 1 aromatic rings. The van der Waals surface area contributed by atoms with E-state index in [0.29, 0.717) is 18.8 Å². The molecule has 0 saturated heterocycles. The number of ether oxygens (including phenoxy) is 1. The average molecular weight is 445 g/mol. The minimum atomic E-state index is -3.65. The van der Waals surface area contributed by atoms with E-state index in [4.69, 9.17) is 9.84 Å². The summed E-state index contributed by atoms with van der Waals surface area (Å²) in [7, 11) is -2.87. The molecule has 0 amide bonds. The summed E-state index contributed by atoms with van der Waals surface area (Å²) in [5, 5.41) is 8.76. The fourth-order valence-corrected chi connectivity index (χ4v) is 6.49. The molecule has 29 heavy (non-hydrogen) atoms. The van der Waals surface area contributed by atoms with Gasteiger partial charge in [-0.1, -0.05) is 54.0 Å². The van der Waals surface area contributed by atoms with Crippen LogP contribution >= 0.6 is 10.8 Å². The standard InChI is InChI=1S/C22H36O5S2/c1-7-8-13-27-18-12-11-17(22(5,6)16-21(2,3)4)15-19(18)29(25,26)28-14-9-10-20(23)24/h11-12,15H,7-10,13-14,16H2,1-6H3,(H,23,24). The lowest BCUT2D eigenvalue weighted by Crippen LogP contribution is -2.25. The van der Waals surface area contributed by atoms with Gasteiger partial charge in [0.2, 0.25) is 8.87 Å². The van der Waals surface area contributed by atoms with Crippen molar-refractivity contribution in [2.24, 2.45) is 5.41 Å². The number of carboxylic acid groups (broad SMARTS) is 1. The number of hydrogen-bond donors (Lipinski definition) is 1. The molecule has 0 fully saturated rings. The van der Waals surface area contributed by atoms with E-state index in [2.05, 4.69) is 41.5 Å². The Balaban J connectivity index is 3.21. The summed E-state index contributed by atoms with van der Waals surface area (Å²) in [5.74, 6) is -0.310. The first kappa shape index (κ1) is 25.8. The zero-order valence-corrected chi connectivity index (χ0v) is 20.2. The Morgan fingerprint density at radius 2 is 1.79 bits per heavy atom. The molecule has 166 valence electrons. The van der Waals surface area contributed by atoms with Gasteiger partial charge in [-0.25, -0.2) is 8.42 Å². The molecule has 0 radical (unpaired) electrons. The summed E-state index contributed by atoms with van der Waals surface area (Å²) < 4.78 is 31.9. The van der Waals surface area contributed by atoms with Crippen LogP contribution in [0.4, 0.5) is 0 Å². The molecule has 0 saturated carbocycles. The number of hydrogen-bond acceptors (Lipinski definition) is 5. The summed E-state index contributed by atoms with van der Waals surface area (Å²) in [6.45, 7) is 13.3. The van der Waals surface area contributed by atoms with E-state index in [1.807, 2.05) is 6.07 Å². The van der Waals surface area contributed by atoms with E-state index in [1.54, 1.807) is 12.1 Å². The monoisotopic (exact) mass is 444 g/mol. The van der Waals surface area contributed by atoms with Gasteiger partial charge in [-0.15, -0.1) is 0 Å². The number of unbranched alkanes of at least 4 members (excludes halogenated alkanes) is 1. The van der Waals surface area contributed by atoms with E-state index in [1.165, 1.54) is 0 Å². The Morgan fingerprint density at radius 1 is 1.14 bits per heavy atom. The van der Waals surface area contributed by atoms with Gasteiger partial charge in [0, 0.05) is 12.2 Å². The number of rotatable bonds is 12. The predicted molar refractivity (Wildman–Crippen MR) is 120 cm³/mol. The van der Waals surface area contributed by atoms with Crippen LogP contribution in [-0.4, -0.2) is 31.9 Å². The third kappa shape index (κ3) is 8.99. The minimum Gasteiger partial charge on any atom is -0.492 e. The number of benzene rings is 1. The lowest BCUT2D eigenvalue weighted by molar-refractivity contribution is -0.137. The van der Waals surface area contributed by atoms with Gasteiger partial charge in [-0.3, -0.25) is 4.79 Å². The summed E-state index contributed by atoms with van der Waals surface area (Å²) in [4.78, 5) is 10.9. The van der Waals surface area contributed by atoms with Crippen molar-refractivity contribution in [2.75, 3.05) is 12.4 Å². The summed E-state index contributed by atoms with van der Waals surface area (Å²) in [5.41, 5.74) is 0.864. The van der Waals surface area contributed by atoms with Crippen LogP contribution in [0.5, 0.6) is 5.75 Å². The van der Waals surface area contributed by atoms with Crippen LogP contribution in [0.1, 0.15) is 79.2 Å². The van der Waals surface area contributed by atoms with E-state index >= 15 is 0 Å². The SMILES string of the molecule is CCCCOc1ccc(C(C)(C)CC(C)(C)C)cc1S(=O)(=O)SCCCC(=O)O. The van der Waals surface area contributed by atoms with Crippen LogP contribution < -0.4 is 4.74 Å². The Hall–Kier alpha value is -1.21. The molecular weight excluding hydrogens is 408 g/mol. The van der Waals surface area contributed by atoms with Crippen molar-refractivity contribution in [1.29, 1.82) is 0 Å². The van der Waals surface area contributed by atoms with Crippen molar-refractivity contribution in [1.82, 2.24) is 0 Å². The first-order chi connectivity index (χ1) is 13.3. The molecule has 0 aromatic heterocycles. The van der Waals surface area contributed by atoms with Crippen molar-refractivity contribution in [3.05, 3.63) is 23.8 Å². The largest absolute Gasteiger partial charge is 0.492 e. The van der Waals surface area contributed by atoms with Gasteiger partial charge in [0.25, 0.3) is 0 Å². The van der Waals surface area contributed by atoms with E-state index < -0.39 is 14.8 Å². The second kappa shape index (κ2) is 10.7. The predicted octanol–water partition coefficient (Wildman–Crippen LogP) is 5.87. The van der Waals surface area contributed by atoms with Crippen molar-refractivity contribution in [2.45, 2.75) is 84.0 Å². The van der Waals surface area contributed by atoms with Crippen LogP contribution in [0.3, 0.4) is 0 Å². The van der Waals surface area contributed by atoms with Crippen LogP contribution in [0, 0.1) is 5.41 Å². The maximum atomic E-state index is 13.0. The van der Waals surface area contributed by atoms with Gasteiger partial charge in [-0.2, -0.15) is 0 Å². The highest BCUT2D eigenvalue weighted by Gasteiger charge is 2.30. The molecule has 1 N–H and O–H groups in total. The summed E-state index contributed by atoms with van der Waals surface area (Å²) >= 11 is 0. The molecule has 0 aliphatic heterocycles. The van der Waals surface area contributed by atoms with E-state index in [-0.39, 0.29) is 27.9 Å². The molecule has 0 aliphatic rings. The van der Waals surface area contributed by atoms with Gasteiger partial charge in [-0.05, 0) is 58.6 Å². The number of carboxylic acids is 1. The first-order valence-corrected chi connectivity index (χ1v) is 13.2. The van der Waals surface area contributed by atoms with Gasteiger partial charge in [0.15, 0.2) is 0 Å². The molecule has 7 heteroatoms. The summed E-state index contributed by atoms with van der Waals surface area (Å²) in [6, 6.07) is 5.47. The van der Waals surface area contributed by atoms with Crippen molar-refractivity contribution >= 4 is 25.6 Å². The molecule has 0 spiro atoms. The molecule has 0 bridgehead atoms. The molecule has 0 unspecified atom stereocenters. The zero-order valence-electron chi connectivity index (χ0n) is 18.6. The molecule has 5 nitrogen and oxygen atoms in total. The molecule has 0 heterocycles. The minimum absolute atomic E-state index is 0.0406. The van der Waals surface area contributed by atoms with Crippen LogP contribution in [-0.2, 0) is 19.1 Å². The molecule has 0 aliphatic carbocycles. The second-order valence-electron chi connectivity index (χ2n) is 9.26. The topological polar surface area (TPSA) is 80.7 Å². The normalized spacial score (nSPS) is 12.8. The highest BCUT2D eigenvalue weighted by Crippen LogP contribution is 2.40. The molecule has 1 rings (SSSR count). The quantitative estimate of drug-likeness (QED) is 0.321. The molecule has 1 aromatic carbocycles. The highest BCUT2D eigenvalue weighted by atomic mass is 33.1. The highest BCUT2D eigenvalue weighted by molar-refractivity contribution is 8.72. The number of aliphatic carboxylic acids is 1. The third-order valence-electron chi connectivity index (χ3n) is 4.50. The number of carbonyl (C=O) groups is 1. The lowest BCUT2D eigenvalue weighted by atomic mass is 9.72. The van der Waals surface area contributed by atoms with Gasteiger partial charge >= 0.3 is 5.97 Å². The Bertz CT molecular complexity index is 777. The van der Waals surface area contributed by atoms with Crippen molar-refractivity contribution < 1.29 is 23.1 Å².